The standard InChI is InChI=1S/C20H20F5N3O2/c1-11-26-10-14(19(30)20(23,24)25)18(27-11)12-5-7-28(8-6-12)17(29)9-13-15(21)3-2-4-16(13)22/h2-4,10,12,19,30H,5-9H2,1H3. The summed E-state index contributed by atoms with van der Waals surface area (Å²) in [5, 5.41) is 9.68. The Morgan fingerprint density at radius 3 is 2.40 bits per heavy atom. The summed E-state index contributed by atoms with van der Waals surface area (Å²) in [6.07, 6.45) is -6.40. The Hall–Kier alpha value is -2.62. The van der Waals surface area contributed by atoms with Gasteiger partial charge in [-0.2, -0.15) is 13.2 Å². The molecule has 5 nitrogen and oxygen atoms in total. The van der Waals surface area contributed by atoms with Crippen molar-refractivity contribution in [3.05, 3.63) is 58.7 Å². The van der Waals surface area contributed by atoms with Crippen LogP contribution in [0.2, 0.25) is 0 Å². The molecule has 0 spiro atoms. The molecule has 1 N–H and O–H groups in total. The van der Waals surface area contributed by atoms with Gasteiger partial charge >= 0.3 is 6.18 Å². The molecule has 2 heterocycles. The molecule has 1 amide bonds. The summed E-state index contributed by atoms with van der Waals surface area (Å²) in [5.74, 6) is -2.21. The molecule has 1 aliphatic rings. The Balaban J connectivity index is 1.71. The van der Waals surface area contributed by atoms with Crippen LogP contribution in [-0.4, -0.2) is 45.1 Å². The molecule has 1 aromatic heterocycles. The number of aliphatic hydroxyl groups excluding tert-OH is 1. The summed E-state index contributed by atoms with van der Waals surface area (Å²) in [6, 6.07) is 3.35. The second-order valence-corrected chi connectivity index (χ2v) is 7.23. The van der Waals surface area contributed by atoms with E-state index in [0.717, 1.165) is 18.3 Å². The quantitative estimate of drug-likeness (QED) is 0.755. The van der Waals surface area contributed by atoms with Crippen molar-refractivity contribution < 1.29 is 31.9 Å². The molecule has 3 rings (SSSR count). The van der Waals surface area contributed by atoms with E-state index in [1.165, 1.54) is 17.9 Å². The Labute approximate surface area is 169 Å². The zero-order chi connectivity index (χ0) is 22.1. The van der Waals surface area contributed by atoms with Crippen molar-refractivity contribution in [2.45, 2.75) is 44.4 Å². The molecular weight excluding hydrogens is 409 g/mol. The van der Waals surface area contributed by atoms with Crippen molar-refractivity contribution in [3.8, 4) is 0 Å². The molecular formula is C20H20F5N3O2. The van der Waals surface area contributed by atoms with Gasteiger partial charge in [0.15, 0.2) is 6.10 Å². The lowest BCUT2D eigenvalue weighted by Gasteiger charge is -2.33. The number of aryl methyl sites for hydroxylation is 1. The van der Waals surface area contributed by atoms with E-state index in [9.17, 15) is 31.9 Å². The first-order chi connectivity index (χ1) is 14.1. The van der Waals surface area contributed by atoms with Gasteiger partial charge in [0.05, 0.1) is 12.1 Å². The molecule has 1 saturated heterocycles. The molecule has 2 aromatic rings. The number of rotatable bonds is 4. The van der Waals surface area contributed by atoms with Crippen LogP contribution >= 0.6 is 0 Å². The second-order valence-electron chi connectivity index (χ2n) is 7.23. The smallest absolute Gasteiger partial charge is 0.379 e. The molecule has 1 aromatic carbocycles. The van der Waals surface area contributed by atoms with Crippen molar-refractivity contribution in [2.75, 3.05) is 13.1 Å². The van der Waals surface area contributed by atoms with Gasteiger partial charge in [0.25, 0.3) is 0 Å². The lowest BCUT2D eigenvalue weighted by Crippen LogP contribution is -2.39. The van der Waals surface area contributed by atoms with Crippen LogP contribution in [0.1, 0.15) is 47.5 Å². The van der Waals surface area contributed by atoms with Gasteiger partial charge in [-0.15, -0.1) is 0 Å². The molecule has 1 aliphatic heterocycles. The number of hydrogen-bond acceptors (Lipinski definition) is 4. The highest BCUT2D eigenvalue weighted by Gasteiger charge is 2.42. The highest BCUT2D eigenvalue weighted by Crippen LogP contribution is 2.38. The first-order valence-electron chi connectivity index (χ1n) is 9.36. The number of carbonyl (C=O) groups excluding carboxylic acids is 1. The molecule has 162 valence electrons. The highest BCUT2D eigenvalue weighted by atomic mass is 19.4. The van der Waals surface area contributed by atoms with Gasteiger partial charge in [-0.3, -0.25) is 4.79 Å². The van der Waals surface area contributed by atoms with Crippen LogP contribution in [0.3, 0.4) is 0 Å². The summed E-state index contributed by atoms with van der Waals surface area (Å²) < 4.78 is 66.6. The van der Waals surface area contributed by atoms with E-state index in [0.29, 0.717) is 12.8 Å². The Kier molecular flexibility index (Phi) is 6.35. The van der Waals surface area contributed by atoms with Crippen LogP contribution < -0.4 is 0 Å². The van der Waals surface area contributed by atoms with Crippen LogP contribution in [0.15, 0.2) is 24.4 Å². The predicted molar refractivity (Wildman–Crippen MR) is 96.4 cm³/mol. The number of carbonyl (C=O) groups is 1. The molecule has 1 atom stereocenters. The van der Waals surface area contributed by atoms with Gasteiger partial charge in [0.2, 0.25) is 5.91 Å². The van der Waals surface area contributed by atoms with E-state index < -0.39 is 47.7 Å². The van der Waals surface area contributed by atoms with Crippen molar-refractivity contribution >= 4 is 5.91 Å². The van der Waals surface area contributed by atoms with E-state index in [2.05, 4.69) is 9.97 Å². The van der Waals surface area contributed by atoms with Crippen LogP contribution in [0.4, 0.5) is 22.0 Å². The maximum atomic E-state index is 13.8. The topological polar surface area (TPSA) is 66.3 Å². The average molecular weight is 429 g/mol. The number of aliphatic hydroxyl groups is 1. The van der Waals surface area contributed by atoms with E-state index in [1.807, 2.05) is 0 Å². The summed E-state index contributed by atoms with van der Waals surface area (Å²) >= 11 is 0. The van der Waals surface area contributed by atoms with Gasteiger partial charge < -0.3 is 10.0 Å². The Bertz CT molecular complexity index is 907. The Morgan fingerprint density at radius 1 is 1.23 bits per heavy atom. The number of benzene rings is 1. The van der Waals surface area contributed by atoms with Crippen molar-refractivity contribution in [1.29, 1.82) is 0 Å². The minimum Gasteiger partial charge on any atom is -0.379 e. The van der Waals surface area contributed by atoms with Crippen molar-refractivity contribution in [2.24, 2.45) is 0 Å². The minimum absolute atomic E-state index is 0.111. The van der Waals surface area contributed by atoms with Crippen LogP contribution in [0.25, 0.3) is 0 Å². The SMILES string of the molecule is Cc1ncc(C(O)C(F)(F)F)c(C2CCN(C(=O)Cc3c(F)cccc3F)CC2)n1. The summed E-state index contributed by atoms with van der Waals surface area (Å²) in [4.78, 5) is 21.8. The number of aromatic nitrogens is 2. The van der Waals surface area contributed by atoms with Crippen LogP contribution in [0, 0.1) is 18.6 Å². The van der Waals surface area contributed by atoms with Crippen molar-refractivity contribution in [1.82, 2.24) is 14.9 Å². The lowest BCUT2D eigenvalue weighted by molar-refractivity contribution is -0.207. The van der Waals surface area contributed by atoms with E-state index in [4.69, 9.17) is 0 Å². The number of piperidine rings is 1. The molecule has 0 radical (unpaired) electrons. The fourth-order valence-electron chi connectivity index (χ4n) is 3.58. The maximum Gasteiger partial charge on any atom is 0.418 e. The number of nitrogens with zero attached hydrogens (tertiary/aromatic N) is 3. The maximum absolute atomic E-state index is 13.8. The molecule has 1 unspecified atom stereocenters. The molecule has 10 heteroatoms. The molecule has 0 aliphatic carbocycles. The summed E-state index contributed by atoms with van der Waals surface area (Å²) in [5.41, 5.74) is -0.600. The normalized spacial score (nSPS) is 16.6. The highest BCUT2D eigenvalue weighted by molar-refractivity contribution is 5.79. The molecule has 0 bridgehead atoms. The zero-order valence-electron chi connectivity index (χ0n) is 16.1. The largest absolute Gasteiger partial charge is 0.418 e. The Morgan fingerprint density at radius 2 is 1.83 bits per heavy atom. The third-order valence-electron chi connectivity index (χ3n) is 5.20. The van der Waals surface area contributed by atoms with Gasteiger partial charge in [-0.25, -0.2) is 18.7 Å². The van der Waals surface area contributed by atoms with Gasteiger partial charge in [0, 0.05) is 36.3 Å². The zero-order valence-corrected chi connectivity index (χ0v) is 16.1. The van der Waals surface area contributed by atoms with Gasteiger partial charge in [-0.1, -0.05) is 6.07 Å². The fraction of sp³-hybridized carbons (Fsp3) is 0.450. The summed E-state index contributed by atoms with van der Waals surface area (Å²) in [7, 11) is 0. The molecule has 30 heavy (non-hydrogen) atoms. The third kappa shape index (κ3) is 4.75. The fourth-order valence-corrected chi connectivity index (χ4v) is 3.58. The van der Waals surface area contributed by atoms with Crippen LogP contribution in [-0.2, 0) is 11.2 Å². The van der Waals surface area contributed by atoms with Crippen LogP contribution in [0.5, 0.6) is 0 Å². The van der Waals surface area contributed by atoms with Gasteiger partial charge in [0.1, 0.15) is 17.5 Å². The lowest BCUT2D eigenvalue weighted by atomic mass is 9.89. The number of alkyl halides is 3. The molecule has 1 fully saturated rings. The number of amides is 1. The minimum atomic E-state index is -4.85. The predicted octanol–water partition coefficient (Wildman–Crippen LogP) is 3.61. The van der Waals surface area contributed by atoms with E-state index >= 15 is 0 Å². The first kappa shape index (κ1) is 22.1. The van der Waals surface area contributed by atoms with E-state index in [-0.39, 0.29) is 30.2 Å². The monoisotopic (exact) mass is 429 g/mol. The van der Waals surface area contributed by atoms with Gasteiger partial charge in [-0.05, 0) is 31.9 Å². The second kappa shape index (κ2) is 8.63. The number of likely N-dealkylation sites (tertiary alicyclic amines) is 1. The van der Waals surface area contributed by atoms with Crippen molar-refractivity contribution in [3.63, 3.8) is 0 Å². The number of halogens is 5. The average Bonchev–Trinajstić information content (AvgIpc) is 2.69. The number of hydrogen-bond donors (Lipinski definition) is 1. The van der Waals surface area contributed by atoms with E-state index in [1.54, 1.807) is 0 Å². The third-order valence-corrected chi connectivity index (χ3v) is 5.20. The molecule has 0 saturated carbocycles. The first-order valence-corrected chi connectivity index (χ1v) is 9.36. The summed E-state index contributed by atoms with van der Waals surface area (Å²) in [6.45, 7) is 1.93.